The number of carbonyl (C=O) groups excluding carboxylic acids is 1. The molecular formula is C4H7NO6S. The summed E-state index contributed by atoms with van der Waals surface area (Å²) in [5, 5.41) is 6.04. The zero-order valence-electron chi connectivity index (χ0n) is 5.80. The first-order valence-electron chi connectivity index (χ1n) is 2.72. The van der Waals surface area contributed by atoms with Crippen LogP contribution in [0.1, 0.15) is 6.42 Å². The van der Waals surface area contributed by atoms with E-state index in [2.05, 4.69) is 5.73 Å². The zero-order valence-corrected chi connectivity index (χ0v) is 6.61. The maximum Gasteiger partial charge on any atom is 0.324 e. The molecule has 0 bridgehead atoms. The summed E-state index contributed by atoms with van der Waals surface area (Å²) in [4.78, 5) is 20.3. The minimum absolute atomic E-state index is 0.936. The Morgan fingerprint density at radius 2 is 1.83 bits per heavy atom. The Kier molecular flexibility index (Phi) is 3.16. The van der Waals surface area contributed by atoms with Gasteiger partial charge in [-0.1, -0.05) is 0 Å². The monoisotopic (exact) mass is 197 g/mol. The van der Waals surface area contributed by atoms with E-state index in [9.17, 15) is 18.0 Å². The van der Waals surface area contributed by atoms with Gasteiger partial charge in [-0.2, -0.15) is 8.42 Å². The summed E-state index contributed by atoms with van der Waals surface area (Å²) in [5.41, 5.74) is 4.55. The molecular weight excluding hydrogens is 190 g/mol. The molecule has 0 heterocycles. The highest BCUT2D eigenvalue weighted by molar-refractivity contribution is 7.87. The number of carboxylic acids is 1. The normalized spacial score (nSPS) is 13.8. The summed E-state index contributed by atoms with van der Waals surface area (Å²) >= 11 is 0. The van der Waals surface area contributed by atoms with Crippen molar-refractivity contribution in [2.45, 2.75) is 11.7 Å². The van der Waals surface area contributed by atoms with Crippen LogP contribution in [0.15, 0.2) is 0 Å². The standard InChI is InChI=1S/C4H7NO6S/c5-3(6)1-2(4(7)8)12(9,10)11/h2H,1H2,(H2,5,6)(H,7,8)(H,9,10,11)/t2-/m1/s1. The molecule has 0 rings (SSSR count). The van der Waals surface area contributed by atoms with Crippen LogP contribution in [-0.2, 0) is 19.7 Å². The Morgan fingerprint density at radius 3 is 1.92 bits per heavy atom. The fraction of sp³-hybridized carbons (Fsp3) is 0.500. The number of primary amides is 1. The van der Waals surface area contributed by atoms with Gasteiger partial charge in [0.25, 0.3) is 10.1 Å². The van der Waals surface area contributed by atoms with Crippen molar-refractivity contribution in [3.8, 4) is 0 Å². The highest BCUT2D eigenvalue weighted by atomic mass is 32.2. The first kappa shape index (κ1) is 10.8. The van der Waals surface area contributed by atoms with Crippen molar-refractivity contribution < 1.29 is 27.7 Å². The van der Waals surface area contributed by atoms with Gasteiger partial charge in [-0.15, -0.1) is 0 Å². The second-order valence-electron chi connectivity index (χ2n) is 2.01. The number of aliphatic carboxylic acids is 1. The zero-order chi connectivity index (χ0) is 9.94. The Morgan fingerprint density at radius 1 is 1.42 bits per heavy atom. The van der Waals surface area contributed by atoms with Crippen molar-refractivity contribution in [1.82, 2.24) is 0 Å². The van der Waals surface area contributed by atoms with Crippen molar-refractivity contribution in [1.29, 1.82) is 0 Å². The van der Waals surface area contributed by atoms with Crippen LogP contribution in [0, 0.1) is 0 Å². The molecule has 0 aromatic heterocycles. The fourth-order valence-corrected chi connectivity index (χ4v) is 1.13. The molecule has 1 amide bonds. The van der Waals surface area contributed by atoms with Crippen LogP contribution in [0.4, 0.5) is 0 Å². The number of nitrogens with two attached hydrogens (primary N) is 1. The molecule has 7 nitrogen and oxygen atoms in total. The molecule has 0 aromatic carbocycles. The van der Waals surface area contributed by atoms with Gasteiger partial charge in [-0.25, -0.2) is 0 Å². The van der Waals surface area contributed by atoms with Crippen LogP contribution in [0.5, 0.6) is 0 Å². The highest BCUT2D eigenvalue weighted by Gasteiger charge is 2.32. The molecule has 4 N–H and O–H groups in total. The summed E-state index contributed by atoms with van der Waals surface area (Å²) in [5.74, 6) is -2.92. The predicted molar refractivity (Wildman–Crippen MR) is 36.8 cm³/mol. The van der Waals surface area contributed by atoms with E-state index in [1.807, 2.05) is 0 Å². The summed E-state index contributed by atoms with van der Waals surface area (Å²) in [6, 6.07) is 0. The smallest absolute Gasteiger partial charge is 0.324 e. The van der Waals surface area contributed by atoms with Crippen molar-refractivity contribution >= 4 is 22.0 Å². The van der Waals surface area contributed by atoms with E-state index in [4.69, 9.17) is 9.66 Å². The molecule has 70 valence electrons. The number of amides is 1. The minimum Gasteiger partial charge on any atom is -0.480 e. The summed E-state index contributed by atoms with van der Waals surface area (Å²) in [6.07, 6.45) is -0.936. The highest BCUT2D eigenvalue weighted by Crippen LogP contribution is 2.03. The molecule has 12 heavy (non-hydrogen) atoms. The van der Waals surface area contributed by atoms with Crippen molar-refractivity contribution in [2.24, 2.45) is 5.73 Å². The number of hydrogen-bond donors (Lipinski definition) is 3. The predicted octanol–water partition coefficient (Wildman–Crippen LogP) is -1.80. The van der Waals surface area contributed by atoms with E-state index in [-0.39, 0.29) is 0 Å². The van der Waals surface area contributed by atoms with E-state index in [0.717, 1.165) is 0 Å². The molecule has 0 aliphatic heterocycles. The van der Waals surface area contributed by atoms with Gasteiger partial charge in [0.05, 0.1) is 6.42 Å². The third kappa shape index (κ3) is 3.30. The van der Waals surface area contributed by atoms with Gasteiger partial charge < -0.3 is 10.8 Å². The largest absolute Gasteiger partial charge is 0.480 e. The van der Waals surface area contributed by atoms with Gasteiger partial charge in [0.15, 0.2) is 5.25 Å². The third-order valence-electron chi connectivity index (χ3n) is 1.02. The number of hydrogen-bond acceptors (Lipinski definition) is 4. The Hall–Kier alpha value is -1.15. The van der Waals surface area contributed by atoms with Gasteiger partial charge in [0.2, 0.25) is 5.91 Å². The second kappa shape index (κ2) is 3.50. The lowest BCUT2D eigenvalue weighted by atomic mass is 10.3. The molecule has 0 spiro atoms. The fourth-order valence-electron chi connectivity index (χ4n) is 0.503. The van der Waals surface area contributed by atoms with E-state index in [1.165, 1.54) is 0 Å². The topological polar surface area (TPSA) is 135 Å². The SMILES string of the molecule is NC(=O)C[C@H](C(=O)O)S(=O)(=O)O. The van der Waals surface area contributed by atoms with E-state index < -0.39 is 33.7 Å². The van der Waals surface area contributed by atoms with Crippen LogP contribution in [0.3, 0.4) is 0 Å². The van der Waals surface area contributed by atoms with Gasteiger partial charge in [0, 0.05) is 0 Å². The molecule has 0 fully saturated rings. The molecule has 0 saturated carbocycles. The Bertz CT molecular complexity index is 293. The van der Waals surface area contributed by atoms with Crippen LogP contribution in [0.25, 0.3) is 0 Å². The maximum atomic E-state index is 10.3. The number of rotatable bonds is 4. The maximum absolute atomic E-state index is 10.3. The number of carbonyl (C=O) groups is 2. The molecule has 0 aromatic rings. The van der Waals surface area contributed by atoms with Gasteiger partial charge >= 0.3 is 5.97 Å². The molecule has 0 aliphatic carbocycles. The number of carboxylic acid groups (broad SMARTS) is 1. The minimum atomic E-state index is -4.76. The first-order chi connectivity index (χ1) is 5.25. The van der Waals surface area contributed by atoms with E-state index in [1.54, 1.807) is 0 Å². The molecule has 8 heteroatoms. The summed E-state index contributed by atoms with van der Waals surface area (Å²) in [6.45, 7) is 0. The van der Waals surface area contributed by atoms with E-state index >= 15 is 0 Å². The molecule has 0 saturated heterocycles. The molecule has 0 aliphatic rings. The molecule has 0 radical (unpaired) electrons. The lowest BCUT2D eigenvalue weighted by Crippen LogP contribution is -2.34. The van der Waals surface area contributed by atoms with Crippen LogP contribution >= 0.6 is 0 Å². The van der Waals surface area contributed by atoms with Crippen LogP contribution in [-0.4, -0.2) is 35.2 Å². The van der Waals surface area contributed by atoms with E-state index in [0.29, 0.717) is 0 Å². The summed E-state index contributed by atoms with van der Waals surface area (Å²) < 4.78 is 28.8. The molecule has 0 unspecified atom stereocenters. The van der Waals surface area contributed by atoms with Crippen LogP contribution in [0.2, 0.25) is 0 Å². The van der Waals surface area contributed by atoms with Crippen molar-refractivity contribution in [3.05, 3.63) is 0 Å². The Balaban J connectivity index is 4.70. The van der Waals surface area contributed by atoms with Crippen molar-refractivity contribution in [3.63, 3.8) is 0 Å². The van der Waals surface area contributed by atoms with Crippen molar-refractivity contribution in [2.75, 3.05) is 0 Å². The van der Waals surface area contributed by atoms with Gasteiger partial charge in [-0.3, -0.25) is 14.1 Å². The first-order valence-corrected chi connectivity index (χ1v) is 4.23. The average molecular weight is 197 g/mol. The van der Waals surface area contributed by atoms with Crippen LogP contribution < -0.4 is 5.73 Å². The Labute approximate surface area is 67.9 Å². The third-order valence-corrected chi connectivity index (χ3v) is 2.11. The lowest BCUT2D eigenvalue weighted by Gasteiger charge is -2.04. The molecule has 1 atom stereocenters. The van der Waals surface area contributed by atoms with Gasteiger partial charge in [-0.05, 0) is 0 Å². The van der Waals surface area contributed by atoms with Gasteiger partial charge in [0.1, 0.15) is 0 Å². The second-order valence-corrected chi connectivity index (χ2v) is 3.61. The summed E-state index contributed by atoms with van der Waals surface area (Å²) in [7, 11) is -4.76. The lowest BCUT2D eigenvalue weighted by molar-refractivity contribution is -0.138. The average Bonchev–Trinajstić information content (AvgIpc) is 1.79. The quantitative estimate of drug-likeness (QED) is 0.455.